The van der Waals surface area contributed by atoms with Gasteiger partial charge in [0.25, 0.3) is 0 Å². The number of hydrogen-bond acceptors (Lipinski definition) is 7. The summed E-state index contributed by atoms with van der Waals surface area (Å²) < 4.78 is 12.7. The third-order valence-corrected chi connectivity index (χ3v) is 5.20. The predicted octanol–water partition coefficient (Wildman–Crippen LogP) is 4.57. The van der Waals surface area contributed by atoms with Crippen molar-refractivity contribution in [1.29, 1.82) is 0 Å². The second-order valence-electron chi connectivity index (χ2n) is 6.35. The van der Waals surface area contributed by atoms with Crippen molar-refractivity contribution >= 4 is 11.8 Å². The van der Waals surface area contributed by atoms with Gasteiger partial charge in [-0.05, 0) is 30.7 Å². The average Bonchev–Trinajstić information content (AvgIpc) is 3.40. The fourth-order valence-electron chi connectivity index (χ4n) is 2.92. The lowest BCUT2D eigenvalue weighted by Crippen LogP contribution is -2.00. The van der Waals surface area contributed by atoms with Gasteiger partial charge in [0.1, 0.15) is 5.75 Å². The summed E-state index contributed by atoms with van der Waals surface area (Å²) in [4.78, 5) is 4.43. The van der Waals surface area contributed by atoms with E-state index in [4.69, 9.17) is 9.26 Å². The minimum absolute atomic E-state index is 0.528. The molecule has 0 amide bonds. The van der Waals surface area contributed by atoms with E-state index in [1.807, 2.05) is 59.2 Å². The Bertz CT molecular complexity index is 1080. The van der Waals surface area contributed by atoms with E-state index in [0.717, 1.165) is 46.6 Å². The summed E-state index contributed by atoms with van der Waals surface area (Å²) in [6.45, 7) is 2.09. The zero-order valence-electron chi connectivity index (χ0n) is 16.3. The minimum atomic E-state index is 0.528. The molecule has 148 valence electrons. The van der Waals surface area contributed by atoms with Crippen molar-refractivity contribution in [3.05, 3.63) is 66.3 Å². The molecular weight excluding hydrogens is 386 g/mol. The zero-order valence-corrected chi connectivity index (χ0v) is 17.1. The topological polar surface area (TPSA) is 78.9 Å². The maximum absolute atomic E-state index is 5.37. The Morgan fingerprint density at radius 2 is 1.93 bits per heavy atom. The summed E-state index contributed by atoms with van der Waals surface area (Å²) in [5, 5.41) is 13.7. The first-order chi connectivity index (χ1) is 14.3. The summed E-state index contributed by atoms with van der Waals surface area (Å²) >= 11 is 1.51. The van der Waals surface area contributed by atoms with Crippen LogP contribution in [0.25, 0.3) is 17.1 Å². The van der Waals surface area contributed by atoms with Crippen LogP contribution in [0, 0.1) is 0 Å². The molecule has 0 aliphatic rings. The van der Waals surface area contributed by atoms with Crippen LogP contribution >= 0.6 is 11.8 Å². The average molecular weight is 407 g/mol. The van der Waals surface area contributed by atoms with Crippen molar-refractivity contribution in [3.63, 3.8) is 0 Å². The normalized spacial score (nSPS) is 11.0. The van der Waals surface area contributed by atoms with Crippen molar-refractivity contribution in [1.82, 2.24) is 24.9 Å². The summed E-state index contributed by atoms with van der Waals surface area (Å²) in [7, 11) is 1.65. The molecular formula is C21H21N5O2S. The number of rotatable bonds is 8. The molecule has 0 unspecified atom stereocenters. The molecule has 0 saturated carbocycles. The highest BCUT2D eigenvalue weighted by Crippen LogP contribution is 2.30. The number of para-hydroxylation sites is 1. The summed E-state index contributed by atoms with van der Waals surface area (Å²) in [5.41, 5.74) is 1.91. The van der Waals surface area contributed by atoms with E-state index in [1.54, 1.807) is 7.11 Å². The lowest BCUT2D eigenvalue weighted by Gasteiger charge is -2.10. The van der Waals surface area contributed by atoms with E-state index < -0.39 is 0 Å². The molecule has 0 bridgehead atoms. The number of aromatic nitrogens is 5. The molecule has 2 aromatic carbocycles. The molecule has 4 aromatic rings. The second-order valence-corrected chi connectivity index (χ2v) is 7.29. The Balaban J connectivity index is 1.67. The van der Waals surface area contributed by atoms with Crippen LogP contribution < -0.4 is 4.74 Å². The maximum atomic E-state index is 5.37. The number of methoxy groups -OCH3 is 1. The smallest absolute Gasteiger partial charge is 0.237 e. The Labute approximate surface area is 173 Å². The van der Waals surface area contributed by atoms with E-state index in [2.05, 4.69) is 27.3 Å². The van der Waals surface area contributed by atoms with Gasteiger partial charge >= 0.3 is 0 Å². The lowest BCUT2D eigenvalue weighted by molar-refractivity contribution is 0.384. The van der Waals surface area contributed by atoms with Gasteiger partial charge in [-0.15, -0.1) is 10.2 Å². The Morgan fingerprint density at radius 1 is 1.07 bits per heavy atom. The Morgan fingerprint density at radius 3 is 2.72 bits per heavy atom. The van der Waals surface area contributed by atoms with Crippen LogP contribution in [-0.2, 0) is 12.2 Å². The number of hydrogen-bond donors (Lipinski definition) is 0. The first-order valence-corrected chi connectivity index (χ1v) is 10.4. The Hall–Kier alpha value is -3.13. The fourth-order valence-corrected chi connectivity index (χ4v) is 3.71. The molecule has 0 saturated heterocycles. The highest BCUT2D eigenvalue weighted by molar-refractivity contribution is 7.98. The van der Waals surface area contributed by atoms with Crippen molar-refractivity contribution in [2.45, 2.75) is 30.7 Å². The molecule has 29 heavy (non-hydrogen) atoms. The lowest BCUT2D eigenvalue weighted by atomic mass is 10.2. The van der Waals surface area contributed by atoms with Gasteiger partial charge < -0.3 is 9.26 Å². The largest absolute Gasteiger partial charge is 0.497 e. The molecule has 7 nitrogen and oxygen atoms in total. The Kier molecular flexibility index (Phi) is 5.90. The van der Waals surface area contributed by atoms with Gasteiger partial charge in [-0.1, -0.05) is 54.2 Å². The molecule has 0 radical (unpaired) electrons. The molecule has 0 aliphatic heterocycles. The van der Waals surface area contributed by atoms with E-state index >= 15 is 0 Å². The van der Waals surface area contributed by atoms with E-state index in [9.17, 15) is 0 Å². The predicted molar refractivity (Wildman–Crippen MR) is 111 cm³/mol. The van der Waals surface area contributed by atoms with Gasteiger partial charge in [0.2, 0.25) is 5.89 Å². The van der Waals surface area contributed by atoms with Crippen molar-refractivity contribution in [2.24, 2.45) is 0 Å². The monoisotopic (exact) mass is 407 g/mol. The van der Waals surface area contributed by atoms with E-state index in [1.165, 1.54) is 11.8 Å². The van der Waals surface area contributed by atoms with Crippen molar-refractivity contribution in [3.8, 4) is 22.8 Å². The third-order valence-electron chi connectivity index (χ3n) is 4.28. The maximum Gasteiger partial charge on any atom is 0.237 e. The van der Waals surface area contributed by atoms with Gasteiger partial charge in [0.15, 0.2) is 16.8 Å². The molecule has 0 fully saturated rings. The molecule has 2 heterocycles. The summed E-state index contributed by atoms with van der Waals surface area (Å²) in [5.74, 6) is 3.37. The molecule has 2 aromatic heterocycles. The van der Waals surface area contributed by atoms with Gasteiger partial charge in [-0.3, -0.25) is 4.57 Å². The van der Waals surface area contributed by atoms with E-state index in [0.29, 0.717) is 11.6 Å². The number of nitrogens with zero attached hydrogens (tertiary/aromatic N) is 5. The fraction of sp³-hybridized carbons (Fsp3) is 0.238. The highest BCUT2D eigenvalue weighted by Gasteiger charge is 2.18. The molecule has 4 rings (SSSR count). The third kappa shape index (κ3) is 4.32. The molecule has 8 heteroatoms. The van der Waals surface area contributed by atoms with Crippen LogP contribution in [0.15, 0.2) is 64.3 Å². The minimum Gasteiger partial charge on any atom is -0.497 e. The van der Waals surface area contributed by atoms with Crippen LogP contribution in [0.4, 0.5) is 0 Å². The first kappa shape index (κ1) is 19.2. The molecule has 0 spiro atoms. The van der Waals surface area contributed by atoms with Gasteiger partial charge in [-0.2, -0.15) is 4.98 Å². The van der Waals surface area contributed by atoms with Crippen molar-refractivity contribution in [2.75, 3.05) is 7.11 Å². The quantitative estimate of drug-likeness (QED) is 0.396. The zero-order chi connectivity index (χ0) is 20.1. The highest BCUT2D eigenvalue weighted by atomic mass is 32.2. The summed E-state index contributed by atoms with van der Waals surface area (Å²) in [6, 6.07) is 17.8. The van der Waals surface area contributed by atoms with Crippen LogP contribution in [0.5, 0.6) is 5.75 Å². The summed E-state index contributed by atoms with van der Waals surface area (Å²) in [6.07, 6.45) is 1.80. The number of ether oxygens (including phenoxy) is 1. The number of benzene rings is 2. The van der Waals surface area contributed by atoms with Crippen LogP contribution in [0.3, 0.4) is 0 Å². The van der Waals surface area contributed by atoms with Crippen LogP contribution in [-0.4, -0.2) is 32.0 Å². The molecule has 0 N–H and O–H groups in total. The molecule has 0 atom stereocenters. The van der Waals surface area contributed by atoms with Gasteiger partial charge in [-0.25, -0.2) is 0 Å². The first-order valence-electron chi connectivity index (χ1n) is 9.38. The van der Waals surface area contributed by atoms with Crippen molar-refractivity contribution < 1.29 is 9.26 Å². The van der Waals surface area contributed by atoms with Gasteiger partial charge in [0, 0.05) is 17.7 Å². The standard InChI is InChI=1S/C21H21N5O2S/c1-3-8-18-22-19(28-25-18)14-29-21-24-23-20(15-9-7-12-17(13-15)27-2)26(21)16-10-5-4-6-11-16/h4-7,9-13H,3,8,14H2,1-2H3. The second kappa shape index (κ2) is 8.91. The van der Waals surface area contributed by atoms with Crippen LogP contribution in [0.2, 0.25) is 0 Å². The molecule has 0 aliphatic carbocycles. The van der Waals surface area contributed by atoms with E-state index in [-0.39, 0.29) is 0 Å². The SMILES string of the molecule is CCCc1noc(CSc2nnc(-c3cccc(OC)c3)n2-c2ccccc2)n1. The number of aryl methyl sites for hydroxylation is 1. The van der Waals surface area contributed by atoms with Crippen LogP contribution in [0.1, 0.15) is 25.1 Å². The number of thioether (sulfide) groups is 1. The van der Waals surface area contributed by atoms with Gasteiger partial charge in [0.05, 0.1) is 12.9 Å².